The third-order valence-electron chi connectivity index (χ3n) is 4.34. The molecular weight excluding hydrogens is 442 g/mol. The van der Waals surface area contributed by atoms with Crippen molar-refractivity contribution in [2.45, 2.75) is 4.90 Å². The number of carbonyl (C=O) groups excluding carboxylic acids is 1. The lowest BCUT2D eigenvalue weighted by atomic mass is 10.1. The number of thiazole rings is 1. The molecule has 4 rings (SSSR count). The zero-order valence-corrected chi connectivity index (χ0v) is 17.7. The van der Waals surface area contributed by atoms with E-state index in [0.29, 0.717) is 10.0 Å². The van der Waals surface area contributed by atoms with Gasteiger partial charge in [-0.3, -0.25) is 9.78 Å². The minimum atomic E-state index is -3.76. The SMILES string of the molecule is NS(=O)(=O)c1ccc(-c2cnc(C(=O)c3cc(-c4ccc(Cl)cc4)ccn3)s2)cc1. The van der Waals surface area contributed by atoms with E-state index in [0.717, 1.165) is 21.6 Å². The molecule has 0 radical (unpaired) electrons. The molecule has 2 heterocycles. The van der Waals surface area contributed by atoms with Crippen molar-refractivity contribution in [3.05, 3.63) is 88.8 Å². The Kier molecular flexibility index (Phi) is 5.48. The van der Waals surface area contributed by atoms with Crippen LogP contribution >= 0.6 is 22.9 Å². The Labute approximate surface area is 182 Å². The highest BCUT2D eigenvalue weighted by Gasteiger charge is 2.17. The average molecular weight is 456 g/mol. The van der Waals surface area contributed by atoms with Crippen molar-refractivity contribution in [3.8, 4) is 21.6 Å². The van der Waals surface area contributed by atoms with Gasteiger partial charge >= 0.3 is 0 Å². The summed E-state index contributed by atoms with van der Waals surface area (Å²) >= 11 is 7.14. The van der Waals surface area contributed by atoms with Crippen molar-refractivity contribution in [2.75, 3.05) is 0 Å². The fourth-order valence-corrected chi connectivity index (χ4v) is 4.32. The second kappa shape index (κ2) is 8.08. The Balaban J connectivity index is 1.60. The summed E-state index contributed by atoms with van der Waals surface area (Å²) in [5.74, 6) is -0.289. The first kappa shape index (κ1) is 20.4. The number of nitrogens with two attached hydrogens (primary N) is 1. The fraction of sp³-hybridized carbons (Fsp3) is 0. The standard InChI is InChI=1S/C21H14ClN3O3S2/c22-16-5-1-13(2-6-16)15-9-10-24-18(11-15)20(26)21-25-12-19(29-21)14-3-7-17(8-4-14)30(23,27)28/h1-12H,(H2,23,27,28). The lowest BCUT2D eigenvalue weighted by Crippen LogP contribution is -2.11. The van der Waals surface area contributed by atoms with E-state index in [2.05, 4.69) is 9.97 Å². The van der Waals surface area contributed by atoms with Crippen LogP contribution in [0.15, 0.2) is 78.0 Å². The van der Waals surface area contributed by atoms with Gasteiger partial charge in [-0.15, -0.1) is 11.3 Å². The summed E-state index contributed by atoms with van der Waals surface area (Å²) in [6, 6.07) is 16.9. The van der Waals surface area contributed by atoms with Gasteiger partial charge in [0.15, 0.2) is 5.01 Å². The zero-order valence-electron chi connectivity index (χ0n) is 15.3. The van der Waals surface area contributed by atoms with Gasteiger partial charge < -0.3 is 0 Å². The molecule has 2 aromatic heterocycles. The van der Waals surface area contributed by atoms with E-state index in [-0.39, 0.29) is 16.4 Å². The highest BCUT2D eigenvalue weighted by atomic mass is 35.5. The highest BCUT2D eigenvalue weighted by molar-refractivity contribution is 7.89. The van der Waals surface area contributed by atoms with Crippen LogP contribution in [0.2, 0.25) is 5.02 Å². The maximum atomic E-state index is 12.9. The third kappa shape index (κ3) is 4.31. The molecule has 2 N–H and O–H groups in total. The van der Waals surface area contributed by atoms with Gasteiger partial charge in [0.1, 0.15) is 5.69 Å². The highest BCUT2D eigenvalue weighted by Crippen LogP contribution is 2.29. The van der Waals surface area contributed by atoms with Gasteiger partial charge in [0.2, 0.25) is 15.8 Å². The monoisotopic (exact) mass is 455 g/mol. The maximum absolute atomic E-state index is 12.9. The number of ketones is 1. The van der Waals surface area contributed by atoms with Crippen molar-refractivity contribution < 1.29 is 13.2 Å². The molecule has 0 aliphatic carbocycles. The molecule has 6 nitrogen and oxygen atoms in total. The van der Waals surface area contributed by atoms with Gasteiger partial charge in [-0.05, 0) is 53.1 Å². The summed E-state index contributed by atoms with van der Waals surface area (Å²) in [7, 11) is -3.76. The normalized spacial score (nSPS) is 11.4. The molecule has 0 unspecified atom stereocenters. The van der Waals surface area contributed by atoms with Crippen LogP contribution in [0.4, 0.5) is 0 Å². The van der Waals surface area contributed by atoms with E-state index >= 15 is 0 Å². The molecular formula is C21H14ClN3O3S2. The molecule has 9 heteroatoms. The average Bonchev–Trinajstić information content (AvgIpc) is 3.23. The van der Waals surface area contributed by atoms with Crippen molar-refractivity contribution in [2.24, 2.45) is 5.14 Å². The van der Waals surface area contributed by atoms with Crippen LogP contribution < -0.4 is 5.14 Å². The largest absolute Gasteiger partial charge is 0.284 e. The predicted octanol–water partition coefficient (Wildman–Crippen LogP) is 4.40. The molecule has 30 heavy (non-hydrogen) atoms. The van der Waals surface area contributed by atoms with Crippen LogP contribution in [0.3, 0.4) is 0 Å². The fourth-order valence-electron chi connectivity index (χ4n) is 2.81. The number of halogens is 1. The number of rotatable bonds is 5. The summed E-state index contributed by atoms with van der Waals surface area (Å²) in [5.41, 5.74) is 2.79. The number of carbonyl (C=O) groups is 1. The van der Waals surface area contributed by atoms with Gasteiger partial charge in [0.05, 0.1) is 9.77 Å². The van der Waals surface area contributed by atoms with Crippen LogP contribution in [0, 0.1) is 0 Å². The molecule has 2 aromatic carbocycles. The van der Waals surface area contributed by atoms with E-state index < -0.39 is 10.0 Å². The molecule has 0 bridgehead atoms. The number of hydrogen-bond acceptors (Lipinski definition) is 6. The Morgan fingerprint density at radius 2 is 1.57 bits per heavy atom. The smallest absolute Gasteiger partial charge is 0.239 e. The molecule has 150 valence electrons. The van der Waals surface area contributed by atoms with Gasteiger partial charge in [-0.25, -0.2) is 18.5 Å². The summed E-state index contributed by atoms with van der Waals surface area (Å²) in [6.45, 7) is 0. The van der Waals surface area contributed by atoms with Crippen LogP contribution in [-0.4, -0.2) is 24.2 Å². The first-order valence-electron chi connectivity index (χ1n) is 8.67. The number of aromatic nitrogens is 2. The van der Waals surface area contributed by atoms with Crippen LogP contribution in [0.1, 0.15) is 15.5 Å². The van der Waals surface area contributed by atoms with Gasteiger partial charge in [0, 0.05) is 17.4 Å². The van der Waals surface area contributed by atoms with E-state index in [1.165, 1.54) is 23.5 Å². The molecule has 0 atom stereocenters. The third-order valence-corrected chi connectivity index (χ3v) is 6.56. The Hall–Kier alpha value is -2.91. The Morgan fingerprint density at radius 3 is 2.23 bits per heavy atom. The minimum Gasteiger partial charge on any atom is -0.284 e. The molecule has 0 spiro atoms. The minimum absolute atomic E-state index is 0.0234. The summed E-state index contributed by atoms with van der Waals surface area (Å²) in [6.07, 6.45) is 3.16. The second-order valence-electron chi connectivity index (χ2n) is 6.36. The number of hydrogen-bond donors (Lipinski definition) is 1. The molecule has 0 amide bonds. The Bertz CT molecular complexity index is 1330. The number of pyridine rings is 1. The van der Waals surface area contributed by atoms with Crippen LogP contribution in [-0.2, 0) is 10.0 Å². The summed E-state index contributed by atoms with van der Waals surface area (Å²) in [4.78, 5) is 22.0. The maximum Gasteiger partial charge on any atom is 0.239 e. The van der Waals surface area contributed by atoms with E-state index in [1.807, 2.05) is 18.2 Å². The summed E-state index contributed by atoms with van der Waals surface area (Å²) in [5, 5.41) is 6.05. The predicted molar refractivity (Wildman–Crippen MR) is 117 cm³/mol. The number of sulfonamides is 1. The van der Waals surface area contributed by atoms with E-state index in [9.17, 15) is 13.2 Å². The van der Waals surface area contributed by atoms with Crippen molar-refractivity contribution in [1.82, 2.24) is 9.97 Å². The number of nitrogens with zero attached hydrogens (tertiary/aromatic N) is 2. The van der Waals surface area contributed by atoms with Crippen molar-refractivity contribution >= 4 is 38.7 Å². The molecule has 0 fully saturated rings. The van der Waals surface area contributed by atoms with Crippen molar-refractivity contribution in [1.29, 1.82) is 0 Å². The van der Waals surface area contributed by atoms with Crippen LogP contribution in [0.5, 0.6) is 0 Å². The molecule has 0 saturated heterocycles. The number of primary sulfonamides is 1. The Morgan fingerprint density at radius 1 is 0.900 bits per heavy atom. The first-order valence-corrected chi connectivity index (χ1v) is 11.4. The van der Waals surface area contributed by atoms with Crippen molar-refractivity contribution in [3.63, 3.8) is 0 Å². The summed E-state index contributed by atoms with van der Waals surface area (Å²) < 4.78 is 22.8. The molecule has 4 aromatic rings. The lowest BCUT2D eigenvalue weighted by Gasteiger charge is -2.03. The molecule has 0 aliphatic heterocycles. The zero-order chi connectivity index (χ0) is 21.3. The van der Waals surface area contributed by atoms with E-state index in [4.69, 9.17) is 16.7 Å². The lowest BCUT2D eigenvalue weighted by molar-refractivity contribution is 0.103. The topological polar surface area (TPSA) is 103 Å². The quantitative estimate of drug-likeness (QED) is 0.449. The second-order valence-corrected chi connectivity index (χ2v) is 9.39. The number of benzene rings is 2. The van der Waals surface area contributed by atoms with Gasteiger partial charge in [-0.2, -0.15) is 0 Å². The molecule has 0 saturated carbocycles. The first-order chi connectivity index (χ1) is 14.3. The van der Waals surface area contributed by atoms with Gasteiger partial charge in [0.25, 0.3) is 0 Å². The van der Waals surface area contributed by atoms with Crippen LogP contribution in [0.25, 0.3) is 21.6 Å². The molecule has 0 aliphatic rings. The van der Waals surface area contributed by atoms with Gasteiger partial charge in [-0.1, -0.05) is 35.9 Å². The van der Waals surface area contributed by atoms with E-state index in [1.54, 1.807) is 42.7 Å².